The van der Waals surface area contributed by atoms with Crippen LogP contribution in [0, 0.1) is 15.5 Å². The number of aromatic nitrogens is 2. The lowest BCUT2D eigenvalue weighted by Gasteiger charge is -2.39. The Kier molecular flexibility index (Phi) is 12.9. The molecule has 3 fully saturated rings. The minimum atomic E-state index is -4.57. The Morgan fingerprint density at radius 3 is 2.55 bits per heavy atom. The van der Waals surface area contributed by atoms with Gasteiger partial charge in [-0.3, -0.25) is 24.7 Å². The van der Waals surface area contributed by atoms with Gasteiger partial charge in [-0.25, -0.2) is 18.1 Å². The molecule has 1 aliphatic carbocycles. The number of aromatic amines is 1. The molecule has 1 amide bonds. The van der Waals surface area contributed by atoms with Crippen molar-refractivity contribution < 1.29 is 27.6 Å². The van der Waals surface area contributed by atoms with E-state index in [9.17, 15) is 23.3 Å². The fourth-order valence-electron chi connectivity index (χ4n) is 9.67. The summed E-state index contributed by atoms with van der Waals surface area (Å²) in [5.41, 5.74) is 5.60. The van der Waals surface area contributed by atoms with E-state index < -0.39 is 31.4 Å². The number of fused-ring (bicyclic) bond motifs is 1. The van der Waals surface area contributed by atoms with Crippen molar-refractivity contribution in [3.05, 3.63) is 117 Å². The first-order chi connectivity index (χ1) is 31.3. The highest BCUT2D eigenvalue weighted by atomic mass is 35.5. The number of benzene rings is 3. The van der Waals surface area contributed by atoms with E-state index in [-0.39, 0.29) is 28.5 Å². The number of sulfonamides is 1. The Balaban J connectivity index is 0.915. The highest BCUT2D eigenvalue weighted by Gasteiger charge is 2.33. The number of hydrogen-bond donors (Lipinski definition) is 3. The number of piperazine rings is 1. The number of ether oxygens (including phenoxy) is 2. The monoisotopic (exact) mass is 922 g/mol. The smallest absolute Gasteiger partial charge is 0.293 e. The maximum atomic E-state index is 14.0. The Morgan fingerprint density at radius 2 is 1.78 bits per heavy atom. The van der Waals surface area contributed by atoms with Crippen molar-refractivity contribution in [2.45, 2.75) is 69.4 Å². The van der Waals surface area contributed by atoms with Crippen LogP contribution in [0.5, 0.6) is 11.5 Å². The molecule has 0 spiro atoms. The number of hydrogen-bond acceptors (Lipinski definition) is 12. The number of nitrogens with zero attached hydrogens (tertiary/aromatic N) is 5. The molecule has 0 unspecified atom stereocenters. The maximum absolute atomic E-state index is 14.0. The van der Waals surface area contributed by atoms with Crippen molar-refractivity contribution >= 4 is 61.2 Å². The fraction of sp³-hybridized carbons (Fsp3) is 0.417. The summed E-state index contributed by atoms with van der Waals surface area (Å²) >= 11 is 6.25. The molecule has 3 N–H and O–H groups in total. The lowest BCUT2D eigenvalue weighted by Crippen LogP contribution is -2.47. The van der Waals surface area contributed by atoms with E-state index in [0.717, 1.165) is 120 Å². The van der Waals surface area contributed by atoms with Crippen molar-refractivity contribution in [2.24, 2.45) is 5.41 Å². The maximum Gasteiger partial charge on any atom is 0.293 e. The van der Waals surface area contributed by atoms with Crippen LogP contribution in [0.15, 0.2) is 95.7 Å². The SMILES string of the molecule is CC1(C)CCC(CN2CCN(c3ccc(C(=O)NS(=O)(=O)c4ccc(N[C@H]5CCN(C6CCOCC6)C5)c([N+](=O)[O-])c4)c(Oc4cnc5[nH]ccc5c4)c3)CC2)=C(c2ccc(Cl)cc2)C1. The normalized spacial score (nSPS) is 20.0. The predicted octanol–water partition coefficient (Wildman–Crippen LogP) is 8.49. The molecular formula is C48H55ClN8O7S. The number of nitro benzene ring substituents is 1. The first-order valence-corrected chi connectivity index (χ1v) is 24.3. The Hall–Kier alpha value is -5.52. The minimum Gasteiger partial charge on any atom is -0.455 e. The topological polar surface area (TPSA) is 175 Å². The zero-order valence-corrected chi connectivity index (χ0v) is 38.3. The molecule has 17 heteroatoms. The van der Waals surface area contributed by atoms with Crippen molar-refractivity contribution in [3.8, 4) is 11.5 Å². The molecule has 0 saturated carbocycles. The third kappa shape index (κ3) is 10.3. The van der Waals surface area contributed by atoms with Crippen molar-refractivity contribution in [3.63, 3.8) is 0 Å². The van der Waals surface area contributed by atoms with Crippen molar-refractivity contribution in [1.82, 2.24) is 24.5 Å². The number of nitrogens with one attached hydrogen (secondary N) is 3. The number of rotatable bonds is 13. The summed E-state index contributed by atoms with van der Waals surface area (Å²) in [6, 6.07) is 20.9. The number of likely N-dealkylation sites (tertiary alicyclic amines) is 1. The van der Waals surface area contributed by atoms with Gasteiger partial charge in [-0.15, -0.1) is 0 Å². The lowest BCUT2D eigenvalue weighted by atomic mass is 9.72. The number of halogens is 1. The molecule has 0 bridgehead atoms. The zero-order chi connectivity index (χ0) is 45.3. The predicted molar refractivity (Wildman–Crippen MR) is 252 cm³/mol. The number of nitro groups is 1. The largest absolute Gasteiger partial charge is 0.455 e. The number of H-pyrrole nitrogens is 1. The quantitative estimate of drug-likeness (QED) is 0.0760. The van der Waals surface area contributed by atoms with Crippen LogP contribution in [0.25, 0.3) is 16.6 Å². The Labute approximate surface area is 384 Å². The molecule has 65 heavy (non-hydrogen) atoms. The second-order valence-electron chi connectivity index (χ2n) is 18.4. The van der Waals surface area contributed by atoms with E-state index in [2.05, 4.69) is 60.7 Å². The molecule has 1 atom stereocenters. The summed E-state index contributed by atoms with van der Waals surface area (Å²) in [5, 5.41) is 17.1. The number of carbonyl (C=O) groups is 1. The van der Waals surface area contributed by atoms with E-state index in [1.165, 1.54) is 35.0 Å². The molecule has 3 saturated heterocycles. The van der Waals surface area contributed by atoms with Gasteiger partial charge in [0.05, 0.1) is 21.6 Å². The first-order valence-electron chi connectivity index (χ1n) is 22.4. The molecular weight excluding hydrogens is 868 g/mol. The molecule has 5 heterocycles. The van der Waals surface area contributed by atoms with Crippen LogP contribution in [0.2, 0.25) is 5.02 Å². The summed E-state index contributed by atoms with van der Waals surface area (Å²) in [6.07, 6.45) is 9.19. The van der Waals surface area contributed by atoms with Gasteiger partial charge in [-0.2, -0.15) is 0 Å². The fourth-order valence-corrected chi connectivity index (χ4v) is 10.8. The average Bonchev–Trinajstić information content (AvgIpc) is 3.97. The summed E-state index contributed by atoms with van der Waals surface area (Å²) < 4.78 is 41.6. The summed E-state index contributed by atoms with van der Waals surface area (Å²) in [4.78, 5) is 39.9. The van der Waals surface area contributed by atoms with Gasteiger partial charge in [-0.1, -0.05) is 43.2 Å². The van der Waals surface area contributed by atoms with E-state index in [1.54, 1.807) is 30.5 Å². The van der Waals surface area contributed by atoms with Gasteiger partial charge < -0.3 is 24.7 Å². The van der Waals surface area contributed by atoms with Crippen LogP contribution in [0.1, 0.15) is 68.3 Å². The summed E-state index contributed by atoms with van der Waals surface area (Å²) in [5.74, 6) is -0.460. The Morgan fingerprint density at radius 1 is 1.00 bits per heavy atom. The first kappa shape index (κ1) is 44.7. The highest BCUT2D eigenvalue weighted by molar-refractivity contribution is 7.90. The van der Waals surface area contributed by atoms with E-state index in [1.807, 2.05) is 18.2 Å². The number of anilines is 2. The lowest BCUT2D eigenvalue weighted by molar-refractivity contribution is -0.384. The van der Waals surface area contributed by atoms with Gasteiger partial charge in [0.15, 0.2) is 0 Å². The second-order valence-corrected chi connectivity index (χ2v) is 20.5. The van der Waals surface area contributed by atoms with Crippen LogP contribution >= 0.6 is 11.6 Å². The van der Waals surface area contributed by atoms with Crippen molar-refractivity contribution in [1.29, 1.82) is 0 Å². The molecule has 4 aliphatic rings. The second kappa shape index (κ2) is 18.8. The molecule has 0 radical (unpaired) electrons. The zero-order valence-electron chi connectivity index (χ0n) is 36.7. The van der Waals surface area contributed by atoms with Gasteiger partial charge in [0, 0.05) is 106 Å². The number of amides is 1. The van der Waals surface area contributed by atoms with Gasteiger partial charge in [0.2, 0.25) is 0 Å². The average molecular weight is 924 g/mol. The van der Waals surface area contributed by atoms with Gasteiger partial charge in [-0.05, 0) is 104 Å². The highest BCUT2D eigenvalue weighted by Crippen LogP contribution is 2.43. The van der Waals surface area contributed by atoms with Gasteiger partial charge in [0.1, 0.15) is 22.8 Å². The van der Waals surface area contributed by atoms with Gasteiger partial charge in [0.25, 0.3) is 21.6 Å². The standard InChI is InChI=1S/C48H55ClN8O7S/c1-48(2)16-11-34(42(28-48)32-3-5-35(49)6-4-32)30-54-19-21-55(22-20-54)38-7-9-41(45(26-38)64-39-25-33-12-17-50-46(33)51-29-39)47(58)53-65(61,62)40-8-10-43(44(27-40)57(59)60)52-36-13-18-56(31-36)37-14-23-63-24-15-37/h3-10,12,17,25-27,29,36-37,52H,11,13-16,18-24,28,30-31H2,1-2H3,(H,50,51)(H,53,58)/t36-/m0/s1. The molecule has 9 rings (SSSR count). The van der Waals surface area contributed by atoms with Crippen LogP contribution in [-0.4, -0.2) is 110 Å². The van der Waals surface area contributed by atoms with E-state index in [4.69, 9.17) is 21.1 Å². The number of allylic oxidation sites excluding steroid dienone is 1. The van der Waals surface area contributed by atoms with E-state index >= 15 is 0 Å². The van der Waals surface area contributed by atoms with Crippen LogP contribution in [0.3, 0.4) is 0 Å². The minimum absolute atomic E-state index is 0.0323. The molecule has 3 aliphatic heterocycles. The Bertz CT molecular complexity index is 2710. The summed E-state index contributed by atoms with van der Waals surface area (Å²) in [7, 11) is -4.57. The molecule has 342 valence electrons. The van der Waals surface area contributed by atoms with E-state index in [0.29, 0.717) is 17.4 Å². The molecule has 5 aromatic rings. The van der Waals surface area contributed by atoms with Crippen LogP contribution in [-0.2, 0) is 14.8 Å². The van der Waals surface area contributed by atoms with Crippen molar-refractivity contribution in [2.75, 3.05) is 69.2 Å². The molecule has 15 nitrogen and oxygen atoms in total. The third-order valence-corrected chi connectivity index (χ3v) is 14.9. The molecule has 3 aromatic carbocycles. The van der Waals surface area contributed by atoms with Gasteiger partial charge >= 0.3 is 0 Å². The number of pyridine rings is 1. The summed E-state index contributed by atoms with van der Waals surface area (Å²) in [6.45, 7) is 11.7. The third-order valence-electron chi connectivity index (χ3n) is 13.3. The van der Waals surface area contributed by atoms with Crippen LogP contribution in [0.4, 0.5) is 17.1 Å². The number of carbonyl (C=O) groups excluding carboxylic acids is 1. The molecule has 2 aromatic heterocycles. The van der Waals surface area contributed by atoms with Crippen LogP contribution < -0.4 is 19.7 Å².